The van der Waals surface area contributed by atoms with E-state index in [4.69, 9.17) is 11.6 Å². The number of tetrazole rings is 1. The van der Waals surface area contributed by atoms with Gasteiger partial charge >= 0.3 is 0 Å². The van der Waals surface area contributed by atoms with Gasteiger partial charge in [0, 0.05) is 41.6 Å². The predicted molar refractivity (Wildman–Crippen MR) is 154 cm³/mol. The Morgan fingerprint density at radius 1 is 1.08 bits per heavy atom. The minimum absolute atomic E-state index is 0.183. The van der Waals surface area contributed by atoms with E-state index in [9.17, 15) is 4.79 Å². The lowest BCUT2D eigenvalue weighted by atomic mass is 9.98. The minimum atomic E-state index is -0.572. The molecule has 0 saturated carbocycles. The van der Waals surface area contributed by atoms with Crippen molar-refractivity contribution in [2.75, 3.05) is 0 Å². The van der Waals surface area contributed by atoms with Gasteiger partial charge in [0.2, 0.25) is 0 Å². The van der Waals surface area contributed by atoms with E-state index >= 15 is 0 Å². The maximum absolute atomic E-state index is 13.8. The Morgan fingerprint density at radius 2 is 1.90 bits per heavy atom. The zero-order chi connectivity index (χ0) is 27.6. The number of benzene rings is 2. The number of hydrogen-bond acceptors (Lipinski definition) is 6. The first-order chi connectivity index (χ1) is 18.8. The number of H-pyrrole nitrogens is 1. The van der Waals surface area contributed by atoms with Crippen molar-refractivity contribution in [3.8, 4) is 0 Å². The van der Waals surface area contributed by atoms with E-state index in [1.54, 1.807) is 6.20 Å². The lowest BCUT2D eigenvalue weighted by Crippen LogP contribution is -2.38. The number of pyridine rings is 2. The summed E-state index contributed by atoms with van der Waals surface area (Å²) in [5, 5.41) is 14.6. The Kier molecular flexibility index (Phi) is 7.59. The molecule has 0 aliphatic carbocycles. The quantitative estimate of drug-likeness (QED) is 0.253. The Balaban J connectivity index is 1.75. The van der Waals surface area contributed by atoms with E-state index in [1.165, 1.54) is 0 Å². The summed E-state index contributed by atoms with van der Waals surface area (Å²) in [4.78, 5) is 23.4. The number of rotatable bonds is 9. The molecule has 8 nitrogen and oxygen atoms in total. The monoisotopic (exact) mass is 541 g/mol. The van der Waals surface area contributed by atoms with Gasteiger partial charge in [0.05, 0.1) is 5.54 Å². The van der Waals surface area contributed by atoms with Crippen molar-refractivity contribution < 1.29 is 0 Å². The van der Waals surface area contributed by atoms with E-state index in [1.807, 2.05) is 78.5 Å². The summed E-state index contributed by atoms with van der Waals surface area (Å²) in [5.41, 5.74) is 3.81. The van der Waals surface area contributed by atoms with E-state index < -0.39 is 6.04 Å². The van der Waals surface area contributed by atoms with Crippen LogP contribution in [0.15, 0.2) is 77.9 Å². The molecule has 0 aliphatic rings. The highest BCUT2D eigenvalue weighted by Gasteiger charge is 2.34. The van der Waals surface area contributed by atoms with Crippen molar-refractivity contribution in [1.82, 2.24) is 35.1 Å². The van der Waals surface area contributed by atoms with Crippen molar-refractivity contribution in [3.63, 3.8) is 0 Å². The van der Waals surface area contributed by atoms with Gasteiger partial charge in [-0.2, -0.15) is 0 Å². The molecule has 0 aliphatic heterocycles. The van der Waals surface area contributed by atoms with E-state index in [2.05, 4.69) is 51.2 Å². The number of nitrogens with zero attached hydrogens (tertiary/aromatic N) is 6. The first-order valence-corrected chi connectivity index (χ1v) is 13.4. The van der Waals surface area contributed by atoms with Crippen LogP contribution in [-0.4, -0.2) is 35.1 Å². The number of aromatic amines is 1. The second-order valence-corrected chi connectivity index (χ2v) is 10.9. The molecular formula is C30H32ClN7O. The molecule has 3 aromatic heterocycles. The van der Waals surface area contributed by atoms with Crippen molar-refractivity contribution in [2.24, 2.45) is 0 Å². The fourth-order valence-corrected chi connectivity index (χ4v) is 4.98. The van der Waals surface area contributed by atoms with E-state index in [0.29, 0.717) is 29.5 Å². The Hall–Kier alpha value is -3.88. The maximum atomic E-state index is 13.8. The second kappa shape index (κ2) is 11.1. The van der Waals surface area contributed by atoms with Crippen LogP contribution in [0.3, 0.4) is 0 Å². The van der Waals surface area contributed by atoms with Gasteiger partial charge in [-0.05, 0) is 84.0 Å². The smallest absolute Gasteiger partial charge is 0.253 e. The van der Waals surface area contributed by atoms with Crippen molar-refractivity contribution in [2.45, 2.75) is 58.8 Å². The van der Waals surface area contributed by atoms with Crippen LogP contribution in [0, 0.1) is 6.92 Å². The average molecular weight is 542 g/mol. The molecule has 0 saturated heterocycles. The predicted octanol–water partition coefficient (Wildman–Crippen LogP) is 5.81. The molecule has 3 heterocycles. The normalized spacial score (nSPS) is 12.8. The topological polar surface area (TPSA) is 92.6 Å². The van der Waals surface area contributed by atoms with Crippen molar-refractivity contribution >= 4 is 22.5 Å². The molecule has 0 bridgehead atoms. The highest BCUT2D eigenvalue weighted by atomic mass is 35.5. The van der Waals surface area contributed by atoms with Crippen LogP contribution in [0.4, 0.5) is 0 Å². The second-order valence-electron chi connectivity index (χ2n) is 10.5. The van der Waals surface area contributed by atoms with Gasteiger partial charge in [0.25, 0.3) is 5.56 Å². The minimum Gasteiger partial charge on any atom is -0.322 e. The summed E-state index contributed by atoms with van der Waals surface area (Å²) in [6, 6.07) is 19.1. The van der Waals surface area contributed by atoms with Crippen LogP contribution in [0.25, 0.3) is 10.9 Å². The molecule has 39 heavy (non-hydrogen) atoms. The SMILES string of the molecule is CCC(C)(C)n1nnnc1[C@@H](c1cc2ccc(C)cc2[nH]c1=O)N(Cc1cccnc1)Cc1ccccc1Cl. The van der Waals surface area contributed by atoms with Crippen LogP contribution in [0.1, 0.15) is 61.3 Å². The number of fused-ring (bicyclic) bond motifs is 1. The lowest BCUT2D eigenvalue weighted by Gasteiger charge is -2.33. The zero-order valence-electron chi connectivity index (χ0n) is 22.6. The van der Waals surface area contributed by atoms with Gasteiger partial charge in [0.1, 0.15) is 6.04 Å². The Labute approximate surface area is 232 Å². The summed E-state index contributed by atoms with van der Waals surface area (Å²) in [5.74, 6) is 0.592. The molecule has 0 amide bonds. The number of aryl methyl sites for hydroxylation is 1. The summed E-state index contributed by atoms with van der Waals surface area (Å²) in [6.45, 7) is 9.25. The zero-order valence-corrected chi connectivity index (χ0v) is 23.4. The molecule has 0 unspecified atom stereocenters. The van der Waals surface area contributed by atoms with Crippen LogP contribution >= 0.6 is 11.6 Å². The third-order valence-electron chi connectivity index (χ3n) is 7.31. The lowest BCUT2D eigenvalue weighted by molar-refractivity contribution is 0.180. The molecule has 0 radical (unpaired) electrons. The van der Waals surface area contributed by atoms with Crippen molar-refractivity contribution in [3.05, 3.63) is 117 Å². The fourth-order valence-electron chi connectivity index (χ4n) is 4.79. The van der Waals surface area contributed by atoms with Crippen molar-refractivity contribution in [1.29, 1.82) is 0 Å². The number of aromatic nitrogens is 6. The molecule has 1 atom stereocenters. The summed E-state index contributed by atoms with van der Waals surface area (Å²) < 4.78 is 1.85. The van der Waals surface area contributed by atoms with Gasteiger partial charge in [-0.15, -0.1) is 5.10 Å². The Morgan fingerprint density at radius 3 is 2.64 bits per heavy atom. The highest BCUT2D eigenvalue weighted by Crippen LogP contribution is 2.33. The van der Waals surface area contributed by atoms with Crippen LogP contribution in [0.5, 0.6) is 0 Å². The number of halogens is 1. The fraction of sp³-hybridized carbons (Fsp3) is 0.300. The van der Waals surface area contributed by atoms with Gasteiger partial charge in [-0.3, -0.25) is 14.7 Å². The van der Waals surface area contributed by atoms with Crippen LogP contribution < -0.4 is 5.56 Å². The standard InChI is InChI=1S/C30H32ClN7O/c1-5-30(3,4)38-28(34-35-36-38)27(24-16-22-13-12-20(2)15-26(22)33-29(24)39)37(18-21-9-8-14-32-17-21)19-23-10-6-7-11-25(23)31/h6-17,27H,5,18-19H2,1-4H3,(H,33,39)/t27-/m1/s1. The van der Waals surface area contributed by atoms with Gasteiger partial charge in [-0.1, -0.05) is 54.9 Å². The van der Waals surface area contributed by atoms with Crippen LogP contribution in [0.2, 0.25) is 5.02 Å². The summed E-state index contributed by atoms with van der Waals surface area (Å²) in [6.07, 6.45) is 4.39. The number of hydrogen-bond donors (Lipinski definition) is 1. The molecule has 9 heteroatoms. The maximum Gasteiger partial charge on any atom is 0.253 e. The molecular weight excluding hydrogens is 510 g/mol. The third kappa shape index (κ3) is 5.62. The molecule has 5 aromatic rings. The van der Waals surface area contributed by atoms with E-state index in [0.717, 1.165) is 34.0 Å². The van der Waals surface area contributed by atoms with Gasteiger partial charge in [-0.25, -0.2) is 4.68 Å². The molecule has 200 valence electrons. The highest BCUT2D eigenvalue weighted by molar-refractivity contribution is 6.31. The molecule has 1 N–H and O–H groups in total. The summed E-state index contributed by atoms with van der Waals surface area (Å²) in [7, 11) is 0. The first-order valence-electron chi connectivity index (χ1n) is 13.1. The van der Waals surface area contributed by atoms with Crippen LogP contribution in [-0.2, 0) is 18.6 Å². The third-order valence-corrected chi connectivity index (χ3v) is 7.68. The van der Waals surface area contributed by atoms with Gasteiger partial charge in [0.15, 0.2) is 5.82 Å². The average Bonchev–Trinajstić information content (AvgIpc) is 3.41. The van der Waals surface area contributed by atoms with E-state index in [-0.39, 0.29) is 11.1 Å². The Bertz CT molecular complexity index is 1640. The number of nitrogens with one attached hydrogen (secondary N) is 1. The molecule has 0 fully saturated rings. The molecule has 2 aromatic carbocycles. The largest absolute Gasteiger partial charge is 0.322 e. The first kappa shape index (κ1) is 26.7. The molecule has 0 spiro atoms. The van der Waals surface area contributed by atoms with Gasteiger partial charge < -0.3 is 4.98 Å². The summed E-state index contributed by atoms with van der Waals surface area (Å²) >= 11 is 6.64. The molecule has 5 rings (SSSR count).